The Morgan fingerprint density at radius 2 is 1.81 bits per heavy atom. The molecular formula is C29H36N4O4. The molecule has 0 spiro atoms. The first-order valence-corrected chi connectivity index (χ1v) is 13.1. The van der Waals surface area contributed by atoms with Crippen LogP contribution in [0.25, 0.3) is 11.3 Å². The summed E-state index contributed by atoms with van der Waals surface area (Å²) in [5.74, 6) is 3.38. The van der Waals surface area contributed by atoms with E-state index in [4.69, 9.17) is 14.0 Å². The summed E-state index contributed by atoms with van der Waals surface area (Å²) >= 11 is 0. The second-order valence-electron chi connectivity index (χ2n) is 9.87. The van der Waals surface area contributed by atoms with Crippen LogP contribution in [0, 0.1) is 11.8 Å². The summed E-state index contributed by atoms with van der Waals surface area (Å²) in [6, 6.07) is 17.9. The highest BCUT2D eigenvalue weighted by Crippen LogP contribution is 2.31. The number of amides is 1. The predicted molar refractivity (Wildman–Crippen MR) is 143 cm³/mol. The summed E-state index contributed by atoms with van der Waals surface area (Å²) in [4.78, 5) is 17.6. The number of para-hydroxylation sites is 2. The minimum atomic E-state index is 0.260. The highest BCUT2D eigenvalue weighted by atomic mass is 16.5. The van der Waals surface area contributed by atoms with Crippen molar-refractivity contribution in [3.05, 3.63) is 60.3 Å². The third kappa shape index (κ3) is 5.91. The number of carbonyl (C=O) groups excluding carboxylic acids is 1. The Morgan fingerprint density at radius 1 is 1.03 bits per heavy atom. The number of nitrogens with one attached hydrogen (secondary N) is 1. The van der Waals surface area contributed by atoms with Gasteiger partial charge in [0.2, 0.25) is 5.91 Å². The van der Waals surface area contributed by atoms with E-state index in [0.29, 0.717) is 18.3 Å². The van der Waals surface area contributed by atoms with Gasteiger partial charge in [0, 0.05) is 44.2 Å². The number of ether oxygens (including phenoxy) is 2. The molecule has 2 saturated heterocycles. The summed E-state index contributed by atoms with van der Waals surface area (Å²) in [7, 11) is 3.36. The average molecular weight is 505 g/mol. The monoisotopic (exact) mass is 504 g/mol. The van der Waals surface area contributed by atoms with Crippen molar-refractivity contribution in [2.75, 3.05) is 58.4 Å². The van der Waals surface area contributed by atoms with Crippen molar-refractivity contribution >= 4 is 11.6 Å². The second kappa shape index (κ2) is 11.7. The van der Waals surface area contributed by atoms with Crippen LogP contribution in [0.3, 0.4) is 0 Å². The largest absolute Gasteiger partial charge is 0.497 e. The van der Waals surface area contributed by atoms with Crippen molar-refractivity contribution in [1.29, 1.82) is 0 Å². The van der Waals surface area contributed by atoms with Gasteiger partial charge in [-0.3, -0.25) is 4.79 Å². The summed E-state index contributed by atoms with van der Waals surface area (Å²) in [6.07, 6.45) is 2.39. The van der Waals surface area contributed by atoms with Gasteiger partial charge in [-0.15, -0.1) is 0 Å². The minimum Gasteiger partial charge on any atom is -0.497 e. The molecule has 0 radical (unpaired) electrons. The quantitative estimate of drug-likeness (QED) is 0.499. The molecule has 2 unspecified atom stereocenters. The number of anilines is 1. The Labute approximate surface area is 218 Å². The number of benzene rings is 2. The second-order valence-corrected chi connectivity index (χ2v) is 9.87. The number of carbonyl (C=O) groups is 1. The SMILES string of the molecule is COc1ccc(-c2cc(CC3CNCCC3CC(=O)N3CCN(c4ccccc4OC)CC3)no2)cc1. The molecule has 0 bridgehead atoms. The van der Waals surface area contributed by atoms with E-state index in [9.17, 15) is 4.79 Å². The molecule has 1 amide bonds. The summed E-state index contributed by atoms with van der Waals surface area (Å²) in [6.45, 7) is 4.95. The van der Waals surface area contributed by atoms with Crippen molar-refractivity contribution in [2.45, 2.75) is 19.3 Å². The van der Waals surface area contributed by atoms with E-state index in [1.54, 1.807) is 14.2 Å². The first kappa shape index (κ1) is 25.1. The molecule has 0 aliphatic carbocycles. The highest BCUT2D eigenvalue weighted by molar-refractivity contribution is 5.77. The van der Waals surface area contributed by atoms with Crippen LogP contribution >= 0.6 is 0 Å². The molecule has 0 saturated carbocycles. The normalized spacial score (nSPS) is 20.1. The highest BCUT2D eigenvalue weighted by Gasteiger charge is 2.31. The lowest BCUT2D eigenvalue weighted by Crippen LogP contribution is -2.50. The fourth-order valence-corrected chi connectivity index (χ4v) is 5.49. The third-order valence-corrected chi connectivity index (χ3v) is 7.66. The number of aromatic nitrogens is 1. The summed E-state index contributed by atoms with van der Waals surface area (Å²) in [5.41, 5.74) is 3.00. The van der Waals surface area contributed by atoms with Crippen molar-refractivity contribution < 1.29 is 18.8 Å². The van der Waals surface area contributed by atoms with Gasteiger partial charge >= 0.3 is 0 Å². The van der Waals surface area contributed by atoms with E-state index in [0.717, 1.165) is 86.3 Å². The van der Waals surface area contributed by atoms with Crippen LogP contribution in [0.4, 0.5) is 5.69 Å². The molecular weight excluding hydrogens is 468 g/mol. The van der Waals surface area contributed by atoms with Crippen LogP contribution in [-0.4, -0.2) is 69.5 Å². The number of rotatable bonds is 8. The van der Waals surface area contributed by atoms with E-state index in [2.05, 4.69) is 21.4 Å². The zero-order chi connectivity index (χ0) is 25.6. The van der Waals surface area contributed by atoms with Gasteiger partial charge in [0.25, 0.3) is 0 Å². The number of hydrogen-bond acceptors (Lipinski definition) is 7. The van der Waals surface area contributed by atoms with Crippen molar-refractivity contribution in [1.82, 2.24) is 15.4 Å². The molecule has 37 heavy (non-hydrogen) atoms. The smallest absolute Gasteiger partial charge is 0.222 e. The van der Waals surface area contributed by atoms with Gasteiger partial charge in [-0.25, -0.2) is 0 Å². The van der Waals surface area contributed by atoms with Crippen LogP contribution in [0.2, 0.25) is 0 Å². The number of methoxy groups -OCH3 is 2. The average Bonchev–Trinajstić information content (AvgIpc) is 3.42. The van der Waals surface area contributed by atoms with E-state index >= 15 is 0 Å². The van der Waals surface area contributed by atoms with E-state index in [1.165, 1.54) is 0 Å². The lowest BCUT2D eigenvalue weighted by molar-refractivity contribution is -0.133. The lowest BCUT2D eigenvalue weighted by atomic mass is 9.81. The molecule has 2 aromatic carbocycles. The molecule has 2 atom stereocenters. The molecule has 3 heterocycles. The van der Waals surface area contributed by atoms with E-state index < -0.39 is 0 Å². The van der Waals surface area contributed by atoms with Gasteiger partial charge in [0.05, 0.1) is 25.6 Å². The Kier molecular flexibility index (Phi) is 7.94. The molecule has 1 N–H and O–H groups in total. The molecule has 2 aliphatic heterocycles. The zero-order valence-corrected chi connectivity index (χ0v) is 21.7. The number of piperazine rings is 1. The van der Waals surface area contributed by atoms with Crippen molar-refractivity contribution in [3.8, 4) is 22.8 Å². The summed E-state index contributed by atoms with van der Waals surface area (Å²) < 4.78 is 16.4. The summed E-state index contributed by atoms with van der Waals surface area (Å²) in [5, 5.41) is 7.85. The van der Waals surface area contributed by atoms with Crippen molar-refractivity contribution in [3.63, 3.8) is 0 Å². The predicted octanol–water partition coefficient (Wildman–Crippen LogP) is 3.87. The maximum Gasteiger partial charge on any atom is 0.222 e. The lowest BCUT2D eigenvalue weighted by Gasteiger charge is -2.38. The standard InChI is InChI=1S/C29H36N4O4/c1-35-25-9-7-21(8-10-25)28-19-24(31-37-28)17-23-20-30-12-11-22(23)18-29(34)33-15-13-32(14-16-33)26-5-3-4-6-27(26)36-2/h3-10,19,22-23,30H,11-18,20H2,1-2H3. The number of hydrogen-bond donors (Lipinski definition) is 1. The van der Waals surface area contributed by atoms with Crippen LogP contribution in [0.1, 0.15) is 18.5 Å². The zero-order valence-electron chi connectivity index (χ0n) is 21.7. The minimum absolute atomic E-state index is 0.260. The van der Waals surface area contributed by atoms with Gasteiger partial charge in [-0.1, -0.05) is 17.3 Å². The fourth-order valence-electron chi connectivity index (χ4n) is 5.49. The molecule has 5 rings (SSSR count). The molecule has 8 heteroatoms. The Morgan fingerprint density at radius 3 is 2.57 bits per heavy atom. The van der Waals surface area contributed by atoms with Crippen LogP contribution in [-0.2, 0) is 11.2 Å². The topological polar surface area (TPSA) is 80.1 Å². The molecule has 8 nitrogen and oxygen atoms in total. The first-order valence-electron chi connectivity index (χ1n) is 13.1. The fraction of sp³-hybridized carbons (Fsp3) is 0.448. The Balaban J connectivity index is 1.17. The molecule has 2 aliphatic rings. The van der Waals surface area contributed by atoms with Crippen LogP contribution in [0.5, 0.6) is 11.5 Å². The van der Waals surface area contributed by atoms with Gasteiger partial charge in [0.15, 0.2) is 5.76 Å². The third-order valence-electron chi connectivity index (χ3n) is 7.66. The van der Waals surface area contributed by atoms with E-state index in [-0.39, 0.29) is 5.91 Å². The van der Waals surface area contributed by atoms with Gasteiger partial charge < -0.3 is 29.1 Å². The van der Waals surface area contributed by atoms with Gasteiger partial charge in [-0.05, 0) is 74.2 Å². The van der Waals surface area contributed by atoms with Crippen LogP contribution < -0.4 is 19.7 Å². The molecule has 1 aromatic heterocycles. The maximum absolute atomic E-state index is 13.3. The number of piperidine rings is 1. The van der Waals surface area contributed by atoms with Crippen LogP contribution in [0.15, 0.2) is 59.1 Å². The Hall–Kier alpha value is -3.52. The Bertz CT molecular complexity index is 1170. The molecule has 3 aromatic rings. The van der Waals surface area contributed by atoms with Crippen molar-refractivity contribution in [2.24, 2.45) is 11.8 Å². The van der Waals surface area contributed by atoms with Gasteiger partial charge in [0.1, 0.15) is 11.5 Å². The van der Waals surface area contributed by atoms with Gasteiger partial charge in [-0.2, -0.15) is 0 Å². The van der Waals surface area contributed by atoms with E-state index in [1.807, 2.05) is 53.4 Å². The molecule has 196 valence electrons. The first-order chi connectivity index (χ1) is 18.1. The molecule has 2 fully saturated rings. The number of nitrogens with zero attached hydrogens (tertiary/aromatic N) is 3. The maximum atomic E-state index is 13.3.